The third-order valence-electron chi connectivity index (χ3n) is 4.89. The number of aromatic nitrogens is 4. The van der Waals surface area contributed by atoms with E-state index in [2.05, 4.69) is 25.9 Å². The standard InChI is InChI=1S/C16H16N6OS/c23-16(20-12-7-10-1-2-11(12)19-10)13-5-9-6-15(22-4-3-18-21-22)24-14(9)8-17-13/h3-6,8,10-12,19H,1-2,7H2,(H,20,23)/t10-,11+,12-/m1/s1. The second kappa shape index (κ2) is 5.35. The molecule has 0 unspecified atom stereocenters. The second-order valence-electron chi connectivity index (χ2n) is 6.40. The fraction of sp³-hybridized carbons (Fsp3) is 0.375. The van der Waals surface area contributed by atoms with E-state index < -0.39 is 0 Å². The van der Waals surface area contributed by atoms with Crippen molar-refractivity contribution in [1.29, 1.82) is 0 Å². The molecule has 2 N–H and O–H groups in total. The number of carbonyl (C=O) groups excluding carboxylic acids is 1. The summed E-state index contributed by atoms with van der Waals surface area (Å²) < 4.78 is 2.74. The molecule has 0 spiro atoms. The Labute approximate surface area is 142 Å². The summed E-state index contributed by atoms with van der Waals surface area (Å²) in [6, 6.07) is 5.07. The van der Waals surface area contributed by atoms with Gasteiger partial charge in [-0.1, -0.05) is 5.21 Å². The Hall–Kier alpha value is -2.32. The highest BCUT2D eigenvalue weighted by Crippen LogP contribution is 2.29. The molecule has 122 valence electrons. The van der Waals surface area contributed by atoms with Gasteiger partial charge in [0.15, 0.2) is 0 Å². The van der Waals surface area contributed by atoms with Crippen molar-refractivity contribution in [2.24, 2.45) is 0 Å². The maximum Gasteiger partial charge on any atom is 0.270 e. The van der Waals surface area contributed by atoms with Crippen LogP contribution in [0.5, 0.6) is 0 Å². The molecule has 5 rings (SSSR count). The first-order valence-corrected chi connectivity index (χ1v) is 8.91. The summed E-state index contributed by atoms with van der Waals surface area (Å²) in [6.07, 6.45) is 8.59. The zero-order valence-electron chi connectivity index (χ0n) is 12.8. The van der Waals surface area contributed by atoms with Crippen molar-refractivity contribution in [3.05, 3.63) is 36.4 Å². The van der Waals surface area contributed by atoms with Gasteiger partial charge in [-0.3, -0.25) is 4.79 Å². The minimum absolute atomic E-state index is 0.0928. The number of hydrogen-bond donors (Lipinski definition) is 2. The molecule has 1 amide bonds. The van der Waals surface area contributed by atoms with Crippen molar-refractivity contribution < 1.29 is 4.79 Å². The summed E-state index contributed by atoms with van der Waals surface area (Å²) in [5, 5.41) is 16.5. The molecule has 3 aromatic rings. The lowest BCUT2D eigenvalue weighted by molar-refractivity contribution is 0.0926. The van der Waals surface area contributed by atoms with Gasteiger partial charge in [0.1, 0.15) is 10.7 Å². The van der Waals surface area contributed by atoms with Crippen molar-refractivity contribution in [2.75, 3.05) is 0 Å². The maximum atomic E-state index is 12.5. The fourth-order valence-corrected chi connectivity index (χ4v) is 4.66. The molecule has 2 fully saturated rings. The smallest absolute Gasteiger partial charge is 0.270 e. The van der Waals surface area contributed by atoms with Crippen molar-refractivity contribution in [1.82, 2.24) is 30.6 Å². The molecule has 7 nitrogen and oxygen atoms in total. The molecule has 2 bridgehead atoms. The van der Waals surface area contributed by atoms with Crippen LogP contribution < -0.4 is 10.6 Å². The molecule has 3 aromatic heterocycles. The van der Waals surface area contributed by atoms with Gasteiger partial charge in [0.05, 0.1) is 17.1 Å². The number of hydrogen-bond acceptors (Lipinski definition) is 6. The zero-order chi connectivity index (χ0) is 16.1. The summed E-state index contributed by atoms with van der Waals surface area (Å²) in [5.41, 5.74) is 0.466. The van der Waals surface area contributed by atoms with Gasteiger partial charge in [-0.25, -0.2) is 9.67 Å². The van der Waals surface area contributed by atoms with Crippen LogP contribution in [0.4, 0.5) is 0 Å². The van der Waals surface area contributed by atoms with Gasteiger partial charge < -0.3 is 10.6 Å². The second-order valence-corrected chi connectivity index (χ2v) is 7.46. The minimum Gasteiger partial charge on any atom is -0.346 e. The van der Waals surface area contributed by atoms with E-state index in [-0.39, 0.29) is 11.9 Å². The number of pyridine rings is 1. The molecule has 0 radical (unpaired) electrons. The zero-order valence-corrected chi connectivity index (χ0v) is 13.7. The first kappa shape index (κ1) is 14.1. The largest absolute Gasteiger partial charge is 0.346 e. The van der Waals surface area contributed by atoms with Crippen LogP contribution in [0.1, 0.15) is 29.8 Å². The predicted molar refractivity (Wildman–Crippen MR) is 90.4 cm³/mol. The molecule has 0 aliphatic carbocycles. The molecule has 3 atom stereocenters. The minimum atomic E-state index is -0.0928. The Morgan fingerprint density at radius 1 is 1.38 bits per heavy atom. The van der Waals surface area contributed by atoms with Crippen LogP contribution in [0.25, 0.3) is 15.1 Å². The number of thiophene rings is 1. The Balaban J connectivity index is 1.39. The molecule has 2 aliphatic rings. The summed E-state index contributed by atoms with van der Waals surface area (Å²) in [6.45, 7) is 0. The van der Waals surface area contributed by atoms with Crippen molar-refractivity contribution >= 4 is 27.3 Å². The van der Waals surface area contributed by atoms with Crippen LogP contribution in [-0.2, 0) is 0 Å². The number of carbonyl (C=O) groups is 1. The fourth-order valence-electron chi connectivity index (χ4n) is 3.72. The van der Waals surface area contributed by atoms with Crippen LogP contribution in [0.3, 0.4) is 0 Å². The SMILES string of the molecule is O=C(N[C@@H]1C[C@H]2CC[C@@H]1N2)c1cc2cc(-n3ccnn3)sc2cn1. The van der Waals surface area contributed by atoms with E-state index >= 15 is 0 Å². The highest BCUT2D eigenvalue weighted by Gasteiger charge is 2.39. The predicted octanol–water partition coefficient (Wildman–Crippen LogP) is 1.50. The summed E-state index contributed by atoms with van der Waals surface area (Å²) in [4.78, 5) is 16.9. The van der Waals surface area contributed by atoms with Crippen molar-refractivity contribution in [3.8, 4) is 5.00 Å². The van der Waals surface area contributed by atoms with Gasteiger partial charge in [-0.2, -0.15) is 0 Å². The summed E-state index contributed by atoms with van der Waals surface area (Å²) in [7, 11) is 0. The molecule has 2 saturated heterocycles. The van der Waals surface area contributed by atoms with Crippen LogP contribution in [-0.4, -0.2) is 44.0 Å². The quantitative estimate of drug-likeness (QED) is 0.755. The molecule has 0 saturated carbocycles. The van der Waals surface area contributed by atoms with Crippen LogP contribution in [0, 0.1) is 0 Å². The Morgan fingerprint density at radius 2 is 2.33 bits per heavy atom. The summed E-state index contributed by atoms with van der Waals surface area (Å²) >= 11 is 1.57. The lowest BCUT2D eigenvalue weighted by Crippen LogP contribution is -2.43. The Bertz CT molecular complexity index is 905. The molecule has 2 aliphatic heterocycles. The lowest BCUT2D eigenvalue weighted by Gasteiger charge is -2.21. The van der Waals surface area contributed by atoms with Gasteiger partial charge >= 0.3 is 0 Å². The van der Waals surface area contributed by atoms with E-state index in [1.807, 2.05) is 12.1 Å². The number of amides is 1. The molecule has 5 heterocycles. The molecular formula is C16H16N6OS. The lowest BCUT2D eigenvalue weighted by atomic mass is 9.95. The Kier molecular flexibility index (Phi) is 3.14. The highest BCUT2D eigenvalue weighted by atomic mass is 32.1. The highest BCUT2D eigenvalue weighted by molar-refractivity contribution is 7.21. The van der Waals surface area contributed by atoms with E-state index in [9.17, 15) is 4.79 Å². The number of rotatable bonds is 3. The summed E-state index contributed by atoms with van der Waals surface area (Å²) in [5.74, 6) is -0.0928. The number of fused-ring (bicyclic) bond motifs is 3. The van der Waals surface area contributed by atoms with Crippen LogP contribution in [0.15, 0.2) is 30.7 Å². The van der Waals surface area contributed by atoms with E-state index in [4.69, 9.17) is 0 Å². The van der Waals surface area contributed by atoms with Crippen molar-refractivity contribution in [3.63, 3.8) is 0 Å². The third-order valence-corrected chi connectivity index (χ3v) is 5.96. The van der Waals surface area contributed by atoms with Crippen LogP contribution >= 0.6 is 11.3 Å². The monoisotopic (exact) mass is 340 g/mol. The van der Waals surface area contributed by atoms with E-state index in [1.165, 1.54) is 6.42 Å². The van der Waals surface area contributed by atoms with Gasteiger partial charge in [-0.15, -0.1) is 16.4 Å². The normalized spacial score (nSPS) is 25.4. The van der Waals surface area contributed by atoms with Gasteiger partial charge in [0.25, 0.3) is 5.91 Å². The molecular weight excluding hydrogens is 324 g/mol. The molecule has 0 aromatic carbocycles. The van der Waals surface area contributed by atoms with Gasteiger partial charge in [-0.05, 0) is 36.8 Å². The van der Waals surface area contributed by atoms with Crippen LogP contribution in [0.2, 0.25) is 0 Å². The van der Waals surface area contributed by atoms with Gasteiger partial charge in [0.2, 0.25) is 0 Å². The van der Waals surface area contributed by atoms with Gasteiger partial charge in [0, 0.05) is 24.3 Å². The van der Waals surface area contributed by atoms with E-state index in [0.717, 1.165) is 27.9 Å². The third kappa shape index (κ3) is 2.30. The topological polar surface area (TPSA) is 84.7 Å². The molecule has 8 heteroatoms. The van der Waals surface area contributed by atoms with Crippen molar-refractivity contribution in [2.45, 2.75) is 37.4 Å². The molecule has 24 heavy (non-hydrogen) atoms. The van der Waals surface area contributed by atoms with E-state index in [0.29, 0.717) is 17.8 Å². The first-order valence-electron chi connectivity index (χ1n) is 8.09. The average molecular weight is 340 g/mol. The van der Waals surface area contributed by atoms with E-state index in [1.54, 1.807) is 34.6 Å². The Morgan fingerprint density at radius 3 is 3.08 bits per heavy atom. The average Bonchev–Trinajstić information content (AvgIpc) is 3.35. The maximum absolute atomic E-state index is 12.5. The number of nitrogens with one attached hydrogen (secondary N) is 2. The first-order chi connectivity index (χ1) is 11.8. The number of nitrogens with zero attached hydrogens (tertiary/aromatic N) is 4.